The largest absolute Gasteiger partial charge is 0.466 e. The zero-order valence-corrected chi connectivity index (χ0v) is 15.2. The fourth-order valence-electron chi connectivity index (χ4n) is 2.71. The molecule has 27 heavy (non-hydrogen) atoms. The van der Waals surface area contributed by atoms with E-state index in [1.54, 1.807) is 18.2 Å². The van der Waals surface area contributed by atoms with Crippen LogP contribution in [0.3, 0.4) is 0 Å². The molecule has 1 fully saturated rings. The highest BCUT2D eigenvalue weighted by molar-refractivity contribution is 5.94. The summed E-state index contributed by atoms with van der Waals surface area (Å²) in [6, 6.07) is 5.56. The highest BCUT2D eigenvalue weighted by atomic mass is 16.5. The van der Waals surface area contributed by atoms with E-state index in [-0.39, 0.29) is 31.4 Å². The average Bonchev–Trinajstić information content (AvgIpc) is 2.66. The summed E-state index contributed by atoms with van der Waals surface area (Å²) in [5, 5.41) is 5.57. The first kappa shape index (κ1) is 20.2. The van der Waals surface area contributed by atoms with Gasteiger partial charge in [0.2, 0.25) is 17.7 Å². The Morgan fingerprint density at radius 3 is 2.85 bits per heavy atom. The lowest BCUT2D eigenvalue weighted by molar-refractivity contribution is -0.151. The van der Waals surface area contributed by atoms with Crippen LogP contribution in [-0.4, -0.2) is 60.9 Å². The summed E-state index contributed by atoms with van der Waals surface area (Å²) in [4.78, 5) is 49.2. The van der Waals surface area contributed by atoms with Gasteiger partial charge in [0.15, 0.2) is 0 Å². The maximum Gasteiger partial charge on any atom is 0.308 e. The van der Waals surface area contributed by atoms with Gasteiger partial charge in [-0.3, -0.25) is 19.2 Å². The second-order valence-electron chi connectivity index (χ2n) is 6.12. The molecule has 1 aliphatic heterocycles. The fraction of sp³-hybridized carbons (Fsp3) is 0.444. The molecule has 9 nitrogen and oxygen atoms in total. The molecule has 146 valence electrons. The molecule has 0 aromatic heterocycles. The summed E-state index contributed by atoms with van der Waals surface area (Å²) in [6.07, 6.45) is 0.494. The van der Waals surface area contributed by atoms with Gasteiger partial charge in [0, 0.05) is 24.3 Å². The molecule has 1 aromatic carbocycles. The van der Waals surface area contributed by atoms with Crippen molar-refractivity contribution in [2.45, 2.75) is 25.8 Å². The second kappa shape index (κ2) is 9.56. The first-order chi connectivity index (χ1) is 12.9. The van der Waals surface area contributed by atoms with Crippen molar-refractivity contribution in [1.29, 1.82) is 0 Å². The summed E-state index contributed by atoms with van der Waals surface area (Å²) < 4.78 is 5.02. The normalized spacial score (nSPS) is 16.4. The summed E-state index contributed by atoms with van der Waals surface area (Å²) in [5.41, 5.74) is 6.12. The number of anilines is 1. The van der Waals surface area contributed by atoms with Crippen molar-refractivity contribution in [3.63, 3.8) is 0 Å². The molecule has 1 unspecified atom stereocenters. The molecule has 1 heterocycles. The van der Waals surface area contributed by atoms with Crippen LogP contribution in [0.4, 0.5) is 5.69 Å². The van der Waals surface area contributed by atoms with Crippen molar-refractivity contribution in [3.05, 3.63) is 29.8 Å². The maximum atomic E-state index is 12.6. The van der Waals surface area contributed by atoms with Crippen molar-refractivity contribution in [2.24, 2.45) is 5.73 Å². The van der Waals surface area contributed by atoms with E-state index in [4.69, 9.17) is 10.5 Å². The average molecular weight is 376 g/mol. The number of nitrogens with two attached hydrogens (primary N) is 1. The Labute approximate surface area is 157 Å². The van der Waals surface area contributed by atoms with E-state index in [0.717, 1.165) is 0 Å². The van der Waals surface area contributed by atoms with E-state index in [1.165, 1.54) is 11.0 Å². The quantitative estimate of drug-likeness (QED) is 0.542. The minimum Gasteiger partial charge on any atom is -0.466 e. The van der Waals surface area contributed by atoms with Crippen LogP contribution in [-0.2, 0) is 19.1 Å². The monoisotopic (exact) mass is 376 g/mol. The summed E-state index contributed by atoms with van der Waals surface area (Å²) in [5.74, 6) is -1.79. The van der Waals surface area contributed by atoms with Gasteiger partial charge in [-0.25, -0.2) is 0 Å². The lowest BCUT2D eigenvalue weighted by Gasteiger charge is -2.34. The molecule has 3 amide bonds. The Balaban J connectivity index is 1.99. The summed E-state index contributed by atoms with van der Waals surface area (Å²) >= 11 is 0. The van der Waals surface area contributed by atoms with Gasteiger partial charge in [-0.05, 0) is 24.6 Å². The number of piperazine rings is 1. The van der Waals surface area contributed by atoms with E-state index in [2.05, 4.69) is 10.6 Å². The molecule has 0 spiro atoms. The number of carbonyl (C=O) groups excluding carboxylic acids is 4. The molecule has 1 aliphatic rings. The van der Waals surface area contributed by atoms with Crippen LogP contribution in [0.25, 0.3) is 0 Å². The highest BCUT2D eigenvalue weighted by Gasteiger charge is 2.34. The number of ether oxygens (including phenoxy) is 1. The van der Waals surface area contributed by atoms with Gasteiger partial charge in [-0.1, -0.05) is 13.0 Å². The smallest absolute Gasteiger partial charge is 0.308 e. The topological polar surface area (TPSA) is 131 Å². The molecule has 1 aromatic rings. The minimum absolute atomic E-state index is 0.0873. The number of benzene rings is 1. The zero-order chi connectivity index (χ0) is 19.8. The van der Waals surface area contributed by atoms with Crippen LogP contribution in [0.2, 0.25) is 0 Å². The van der Waals surface area contributed by atoms with Crippen LogP contribution in [0.15, 0.2) is 24.3 Å². The number of esters is 1. The van der Waals surface area contributed by atoms with Crippen LogP contribution in [0.5, 0.6) is 0 Å². The van der Waals surface area contributed by atoms with E-state index < -0.39 is 17.9 Å². The van der Waals surface area contributed by atoms with Gasteiger partial charge in [-0.15, -0.1) is 0 Å². The first-order valence-electron chi connectivity index (χ1n) is 8.79. The second-order valence-corrected chi connectivity index (χ2v) is 6.12. The zero-order valence-electron chi connectivity index (χ0n) is 15.2. The third kappa shape index (κ3) is 5.70. The number of hydrogen-bond acceptors (Lipinski definition) is 6. The van der Waals surface area contributed by atoms with Gasteiger partial charge >= 0.3 is 5.97 Å². The SMILES string of the molecule is CCCOC(=O)CC1C(=O)NCCN1C(=O)CNc1cccc(C(N)=O)c1. The van der Waals surface area contributed by atoms with Crippen molar-refractivity contribution in [2.75, 3.05) is 31.6 Å². The van der Waals surface area contributed by atoms with Gasteiger partial charge in [-0.2, -0.15) is 0 Å². The highest BCUT2D eigenvalue weighted by Crippen LogP contribution is 2.13. The maximum absolute atomic E-state index is 12.6. The number of carbonyl (C=O) groups is 4. The molecule has 2 rings (SSSR count). The Hall–Kier alpha value is -3.10. The lowest BCUT2D eigenvalue weighted by atomic mass is 10.1. The van der Waals surface area contributed by atoms with Gasteiger partial charge in [0.25, 0.3) is 0 Å². The number of primary amides is 1. The third-order valence-corrected chi connectivity index (χ3v) is 4.07. The van der Waals surface area contributed by atoms with Crippen LogP contribution in [0, 0.1) is 0 Å². The van der Waals surface area contributed by atoms with Crippen LogP contribution >= 0.6 is 0 Å². The number of nitrogens with zero attached hydrogens (tertiary/aromatic N) is 1. The van der Waals surface area contributed by atoms with E-state index in [9.17, 15) is 19.2 Å². The number of amides is 3. The molecule has 0 bridgehead atoms. The third-order valence-electron chi connectivity index (χ3n) is 4.07. The van der Waals surface area contributed by atoms with Crippen molar-refractivity contribution in [3.8, 4) is 0 Å². The molecule has 4 N–H and O–H groups in total. The van der Waals surface area contributed by atoms with Gasteiger partial charge < -0.3 is 26.0 Å². The Morgan fingerprint density at radius 2 is 2.15 bits per heavy atom. The number of hydrogen-bond donors (Lipinski definition) is 3. The van der Waals surface area contributed by atoms with Crippen molar-refractivity contribution in [1.82, 2.24) is 10.2 Å². The Kier molecular flexibility index (Phi) is 7.16. The van der Waals surface area contributed by atoms with E-state index in [0.29, 0.717) is 30.8 Å². The Bertz CT molecular complexity index is 721. The van der Waals surface area contributed by atoms with Crippen molar-refractivity contribution < 1.29 is 23.9 Å². The van der Waals surface area contributed by atoms with Crippen LogP contribution in [0.1, 0.15) is 30.1 Å². The Morgan fingerprint density at radius 1 is 1.37 bits per heavy atom. The number of rotatable bonds is 8. The van der Waals surface area contributed by atoms with E-state index in [1.807, 2.05) is 6.92 Å². The molecule has 0 saturated carbocycles. The van der Waals surface area contributed by atoms with Gasteiger partial charge in [0.05, 0.1) is 19.6 Å². The molecule has 1 saturated heterocycles. The molecular weight excluding hydrogens is 352 g/mol. The molecule has 9 heteroatoms. The predicted molar refractivity (Wildman–Crippen MR) is 97.8 cm³/mol. The van der Waals surface area contributed by atoms with E-state index >= 15 is 0 Å². The molecule has 0 radical (unpaired) electrons. The van der Waals surface area contributed by atoms with Crippen molar-refractivity contribution >= 4 is 29.4 Å². The first-order valence-corrected chi connectivity index (χ1v) is 8.79. The number of nitrogens with one attached hydrogen (secondary N) is 2. The minimum atomic E-state index is -0.894. The standard InChI is InChI=1S/C18H24N4O5/c1-2-8-27-16(24)10-14-18(26)20-6-7-22(14)15(23)11-21-13-5-3-4-12(9-13)17(19)25/h3-5,9,14,21H,2,6-8,10-11H2,1H3,(H2,19,25)(H,20,26). The van der Waals surface area contributed by atoms with Gasteiger partial charge in [0.1, 0.15) is 6.04 Å². The molecule has 0 aliphatic carbocycles. The lowest BCUT2D eigenvalue weighted by Crippen LogP contribution is -2.58. The fourth-order valence-corrected chi connectivity index (χ4v) is 2.71. The molecule has 1 atom stereocenters. The predicted octanol–water partition coefficient (Wildman–Crippen LogP) is -0.132. The molecular formula is C18H24N4O5. The summed E-state index contributed by atoms with van der Waals surface area (Å²) in [7, 11) is 0. The van der Waals surface area contributed by atoms with Crippen LogP contribution < -0.4 is 16.4 Å². The summed E-state index contributed by atoms with van der Waals surface area (Å²) in [6.45, 7) is 2.69.